The number of benzene rings is 1. The van der Waals surface area contributed by atoms with Gasteiger partial charge in [0.15, 0.2) is 11.5 Å². The molecule has 0 bridgehead atoms. The Kier molecular flexibility index (Phi) is 5.82. The summed E-state index contributed by atoms with van der Waals surface area (Å²) >= 11 is 1.87. The predicted molar refractivity (Wildman–Crippen MR) is 78.8 cm³/mol. The second-order valence-corrected chi connectivity index (χ2v) is 6.27. The molecule has 0 amide bonds. The molecule has 0 aliphatic rings. The van der Waals surface area contributed by atoms with E-state index >= 15 is 0 Å². The van der Waals surface area contributed by atoms with Crippen LogP contribution in [0, 0.1) is 0 Å². The van der Waals surface area contributed by atoms with E-state index in [4.69, 9.17) is 9.47 Å². The molecule has 0 radical (unpaired) electrons. The van der Waals surface area contributed by atoms with Gasteiger partial charge in [0.1, 0.15) is 0 Å². The van der Waals surface area contributed by atoms with Gasteiger partial charge < -0.3 is 14.8 Å². The number of hydrogen-bond donors (Lipinski definition) is 1. The summed E-state index contributed by atoms with van der Waals surface area (Å²) in [5.74, 6) is 1.55. The standard InChI is InChI=1S/C14H23NO2S/c1-14(2,18-5)10-15-9-11-6-7-12(16-3)13(8-11)17-4/h6-8,15H,9-10H2,1-5H3. The SMILES string of the molecule is COc1ccc(CNCC(C)(C)SC)cc1OC. The maximum absolute atomic E-state index is 5.29. The molecular weight excluding hydrogens is 246 g/mol. The summed E-state index contributed by atoms with van der Waals surface area (Å²) in [4.78, 5) is 0. The van der Waals surface area contributed by atoms with Gasteiger partial charge in [0.05, 0.1) is 14.2 Å². The van der Waals surface area contributed by atoms with Crippen molar-refractivity contribution in [2.24, 2.45) is 0 Å². The third-order valence-corrected chi connectivity index (χ3v) is 4.13. The smallest absolute Gasteiger partial charge is 0.161 e. The molecule has 0 unspecified atom stereocenters. The van der Waals surface area contributed by atoms with Gasteiger partial charge in [-0.05, 0) is 37.8 Å². The molecule has 102 valence electrons. The molecule has 0 saturated heterocycles. The van der Waals surface area contributed by atoms with Crippen molar-refractivity contribution in [2.75, 3.05) is 27.0 Å². The van der Waals surface area contributed by atoms with Gasteiger partial charge in [0.2, 0.25) is 0 Å². The maximum atomic E-state index is 5.29. The van der Waals surface area contributed by atoms with Crippen LogP contribution < -0.4 is 14.8 Å². The van der Waals surface area contributed by atoms with E-state index in [2.05, 4.69) is 31.5 Å². The van der Waals surface area contributed by atoms with Crippen molar-refractivity contribution in [1.82, 2.24) is 5.32 Å². The zero-order chi connectivity index (χ0) is 13.6. The van der Waals surface area contributed by atoms with E-state index in [9.17, 15) is 0 Å². The van der Waals surface area contributed by atoms with E-state index < -0.39 is 0 Å². The first kappa shape index (κ1) is 15.2. The van der Waals surface area contributed by atoms with Crippen LogP contribution in [0.25, 0.3) is 0 Å². The zero-order valence-corrected chi connectivity index (χ0v) is 12.7. The molecule has 0 aliphatic carbocycles. The highest BCUT2D eigenvalue weighted by atomic mass is 32.2. The van der Waals surface area contributed by atoms with Crippen LogP contribution in [0.5, 0.6) is 11.5 Å². The average molecular weight is 269 g/mol. The van der Waals surface area contributed by atoms with Crippen molar-refractivity contribution >= 4 is 11.8 Å². The summed E-state index contributed by atoms with van der Waals surface area (Å²) in [6, 6.07) is 6.01. The van der Waals surface area contributed by atoms with Crippen LogP contribution >= 0.6 is 11.8 Å². The van der Waals surface area contributed by atoms with Crippen molar-refractivity contribution in [3.05, 3.63) is 23.8 Å². The van der Waals surface area contributed by atoms with Gasteiger partial charge in [-0.3, -0.25) is 0 Å². The Hall–Kier alpha value is -0.870. The van der Waals surface area contributed by atoms with E-state index in [0.29, 0.717) is 0 Å². The lowest BCUT2D eigenvalue weighted by molar-refractivity contribution is 0.354. The van der Waals surface area contributed by atoms with Crippen molar-refractivity contribution < 1.29 is 9.47 Å². The van der Waals surface area contributed by atoms with Crippen molar-refractivity contribution in [3.8, 4) is 11.5 Å². The maximum Gasteiger partial charge on any atom is 0.161 e. The molecule has 1 rings (SSSR count). The second kappa shape index (κ2) is 6.90. The van der Waals surface area contributed by atoms with E-state index in [1.54, 1.807) is 14.2 Å². The quantitative estimate of drug-likeness (QED) is 0.824. The lowest BCUT2D eigenvalue weighted by Crippen LogP contribution is -2.31. The molecule has 0 saturated carbocycles. The molecule has 0 fully saturated rings. The van der Waals surface area contributed by atoms with E-state index in [1.807, 2.05) is 23.9 Å². The Bertz CT molecular complexity index is 380. The first-order valence-electron chi connectivity index (χ1n) is 5.99. The Balaban J connectivity index is 2.58. The second-order valence-electron chi connectivity index (χ2n) is 4.76. The van der Waals surface area contributed by atoms with Crippen LogP contribution in [-0.4, -0.2) is 31.8 Å². The molecule has 0 heterocycles. The largest absolute Gasteiger partial charge is 0.493 e. The summed E-state index contributed by atoms with van der Waals surface area (Å²) in [5, 5.41) is 3.46. The van der Waals surface area contributed by atoms with Gasteiger partial charge in [0, 0.05) is 17.8 Å². The Labute approximate surface area is 114 Å². The number of nitrogens with one attached hydrogen (secondary N) is 1. The van der Waals surface area contributed by atoms with Crippen LogP contribution in [0.3, 0.4) is 0 Å². The fraction of sp³-hybridized carbons (Fsp3) is 0.571. The molecule has 1 N–H and O–H groups in total. The van der Waals surface area contributed by atoms with E-state index in [0.717, 1.165) is 24.6 Å². The molecule has 0 aromatic heterocycles. The number of rotatable bonds is 7. The number of hydrogen-bond acceptors (Lipinski definition) is 4. The average Bonchev–Trinajstić information content (AvgIpc) is 2.38. The molecule has 18 heavy (non-hydrogen) atoms. The monoisotopic (exact) mass is 269 g/mol. The minimum atomic E-state index is 0.260. The van der Waals surface area contributed by atoms with Crippen LogP contribution in [0.2, 0.25) is 0 Å². The highest BCUT2D eigenvalue weighted by Crippen LogP contribution is 2.27. The van der Waals surface area contributed by atoms with Crippen LogP contribution in [-0.2, 0) is 6.54 Å². The first-order chi connectivity index (χ1) is 8.52. The summed E-state index contributed by atoms with van der Waals surface area (Å²) in [7, 11) is 3.31. The topological polar surface area (TPSA) is 30.5 Å². The molecule has 3 nitrogen and oxygen atoms in total. The number of methoxy groups -OCH3 is 2. The van der Waals surface area contributed by atoms with Crippen LogP contribution in [0.1, 0.15) is 19.4 Å². The minimum Gasteiger partial charge on any atom is -0.493 e. The van der Waals surface area contributed by atoms with Gasteiger partial charge >= 0.3 is 0 Å². The number of thioether (sulfide) groups is 1. The molecule has 0 atom stereocenters. The van der Waals surface area contributed by atoms with Crippen LogP contribution in [0.4, 0.5) is 0 Å². The van der Waals surface area contributed by atoms with Gasteiger partial charge in [0.25, 0.3) is 0 Å². The Morgan fingerprint density at radius 3 is 2.39 bits per heavy atom. The fourth-order valence-corrected chi connectivity index (χ4v) is 1.82. The summed E-state index contributed by atoms with van der Waals surface area (Å²) in [6.45, 7) is 6.28. The Morgan fingerprint density at radius 1 is 1.17 bits per heavy atom. The lowest BCUT2D eigenvalue weighted by Gasteiger charge is -2.22. The normalized spacial score (nSPS) is 11.4. The van der Waals surface area contributed by atoms with Gasteiger partial charge in [-0.15, -0.1) is 0 Å². The number of ether oxygens (including phenoxy) is 2. The molecule has 1 aromatic rings. The zero-order valence-electron chi connectivity index (χ0n) is 11.9. The fourth-order valence-electron chi connectivity index (χ4n) is 1.57. The van der Waals surface area contributed by atoms with Crippen LogP contribution in [0.15, 0.2) is 18.2 Å². The molecule has 0 aliphatic heterocycles. The van der Waals surface area contributed by atoms with Crippen molar-refractivity contribution in [1.29, 1.82) is 0 Å². The molecular formula is C14H23NO2S. The van der Waals surface area contributed by atoms with Crippen molar-refractivity contribution in [3.63, 3.8) is 0 Å². The summed E-state index contributed by atoms with van der Waals surface area (Å²) in [5.41, 5.74) is 1.20. The summed E-state index contributed by atoms with van der Waals surface area (Å²) < 4.78 is 10.8. The third kappa shape index (κ3) is 4.42. The summed E-state index contributed by atoms with van der Waals surface area (Å²) in [6.07, 6.45) is 2.14. The minimum absolute atomic E-state index is 0.260. The Morgan fingerprint density at radius 2 is 1.83 bits per heavy atom. The molecule has 1 aromatic carbocycles. The highest BCUT2D eigenvalue weighted by Gasteiger charge is 2.14. The predicted octanol–water partition coefficient (Wildman–Crippen LogP) is 2.94. The van der Waals surface area contributed by atoms with Gasteiger partial charge in [-0.1, -0.05) is 6.07 Å². The van der Waals surface area contributed by atoms with Gasteiger partial charge in [-0.2, -0.15) is 11.8 Å². The van der Waals surface area contributed by atoms with E-state index in [1.165, 1.54) is 5.56 Å². The van der Waals surface area contributed by atoms with Crippen molar-refractivity contribution in [2.45, 2.75) is 25.1 Å². The molecule has 4 heteroatoms. The lowest BCUT2D eigenvalue weighted by atomic mass is 10.1. The molecule has 0 spiro atoms. The highest BCUT2D eigenvalue weighted by molar-refractivity contribution is 7.99. The third-order valence-electron chi connectivity index (χ3n) is 2.88. The van der Waals surface area contributed by atoms with Gasteiger partial charge in [-0.25, -0.2) is 0 Å². The first-order valence-corrected chi connectivity index (χ1v) is 7.21. The van der Waals surface area contributed by atoms with E-state index in [-0.39, 0.29) is 4.75 Å².